The van der Waals surface area contributed by atoms with E-state index in [-0.39, 0.29) is 5.75 Å². The highest BCUT2D eigenvalue weighted by Gasteiger charge is 2.48. The third-order valence-electron chi connectivity index (χ3n) is 4.25. The fourth-order valence-electron chi connectivity index (χ4n) is 3.03. The number of fused-ring (bicyclic) bond motifs is 1. The molecule has 0 aliphatic carbocycles. The number of halogens is 3. The molecule has 3 aromatic carbocycles. The molecule has 0 saturated carbocycles. The monoisotopic (exact) mass is 408 g/mol. The summed E-state index contributed by atoms with van der Waals surface area (Å²) >= 11 is 0. The molecule has 0 heterocycles. The minimum Gasteiger partial charge on any atom is -0.376 e. The van der Waals surface area contributed by atoms with E-state index in [1.165, 1.54) is 17.7 Å². The zero-order chi connectivity index (χ0) is 20.5. The summed E-state index contributed by atoms with van der Waals surface area (Å²) in [5, 5.41) is 1.37. The van der Waals surface area contributed by atoms with Crippen molar-refractivity contribution in [3.8, 4) is 16.9 Å². The van der Waals surface area contributed by atoms with Gasteiger partial charge in [-0.2, -0.15) is 21.6 Å². The maximum atomic E-state index is 12.5. The number of benzene rings is 3. The molecule has 0 aromatic heterocycles. The lowest BCUT2D eigenvalue weighted by atomic mass is 9.96. The van der Waals surface area contributed by atoms with Gasteiger partial charge in [0, 0.05) is 0 Å². The van der Waals surface area contributed by atoms with E-state index in [4.69, 9.17) is 0 Å². The summed E-state index contributed by atoms with van der Waals surface area (Å²) in [7, 11) is -5.70. The van der Waals surface area contributed by atoms with Crippen molar-refractivity contribution in [2.24, 2.45) is 5.92 Å². The van der Waals surface area contributed by atoms with Crippen LogP contribution in [0.2, 0.25) is 0 Å². The molecule has 28 heavy (non-hydrogen) atoms. The highest BCUT2D eigenvalue weighted by atomic mass is 32.2. The minimum absolute atomic E-state index is 0.380. The van der Waals surface area contributed by atoms with E-state index in [0.717, 1.165) is 22.9 Å². The predicted octanol–water partition coefficient (Wildman–Crippen LogP) is 5.93. The molecule has 0 aliphatic heterocycles. The van der Waals surface area contributed by atoms with Gasteiger partial charge in [-0.15, -0.1) is 0 Å². The van der Waals surface area contributed by atoms with Crippen LogP contribution in [0, 0.1) is 5.92 Å². The van der Waals surface area contributed by atoms with Crippen LogP contribution in [0.5, 0.6) is 5.75 Å². The van der Waals surface area contributed by atoms with Crippen molar-refractivity contribution in [1.82, 2.24) is 0 Å². The number of hydrogen-bond acceptors (Lipinski definition) is 3. The molecule has 148 valence electrons. The Morgan fingerprint density at radius 3 is 2.25 bits per heavy atom. The molecule has 3 rings (SSSR count). The molecule has 0 atom stereocenters. The lowest BCUT2D eigenvalue weighted by Crippen LogP contribution is -2.28. The summed E-state index contributed by atoms with van der Waals surface area (Å²) in [6.45, 7) is 4.30. The third-order valence-corrected chi connectivity index (χ3v) is 5.23. The molecule has 0 spiro atoms. The van der Waals surface area contributed by atoms with Crippen molar-refractivity contribution in [3.63, 3.8) is 0 Å². The molecule has 0 bridgehead atoms. The Kier molecular flexibility index (Phi) is 5.39. The first-order valence-corrected chi connectivity index (χ1v) is 10.1. The van der Waals surface area contributed by atoms with Crippen LogP contribution in [0.4, 0.5) is 13.2 Å². The maximum Gasteiger partial charge on any atom is 0.534 e. The summed E-state index contributed by atoms with van der Waals surface area (Å²) in [5.74, 6) is 0.170. The van der Waals surface area contributed by atoms with Crippen LogP contribution < -0.4 is 4.18 Å². The van der Waals surface area contributed by atoms with Crippen molar-refractivity contribution in [2.75, 3.05) is 0 Å². The van der Waals surface area contributed by atoms with Crippen LogP contribution >= 0.6 is 0 Å². The lowest BCUT2D eigenvalue weighted by Gasteiger charge is -2.12. The van der Waals surface area contributed by atoms with Crippen molar-refractivity contribution >= 4 is 20.9 Å². The zero-order valence-corrected chi connectivity index (χ0v) is 16.1. The molecule has 0 aliphatic rings. The fourth-order valence-corrected chi connectivity index (χ4v) is 3.48. The molecule has 0 saturated heterocycles. The summed E-state index contributed by atoms with van der Waals surface area (Å²) in [5.41, 5.74) is -2.37. The van der Waals surface area contributed by atoms with E-state index in [1.54, 1.807) is 18.2 Å². The van der Waals surface area contributed by atoms with Gasteiger partial charge in [0.1, 0.15) is 5.75 Å². The minimum atomic E-state index is -5.70. The van der Waals surface area contributed by atoms with Crippen LogP contribution in [-0.4, -0.2) is 13.9 Å². The normalized spacial score (nSPS) is 12.5. The molecule has 3 aromatic rings. The Labute approximate surface area is 161 Å². The Hall–Kier alpha value is -2.54. The number of rotatable bonds is 5. The molecule has 0 N–H and O–H groups in total. The first-order valence-electron chi connectivity index (χ1n) is 8.70. The van der Waals surface area contributed by atoms with Gasteiger partial charge in [-0.05, 0) is 51.9 Å². The molecule has 0 amide bonds. The van der Waals surface area contributed by atoms with E-state index in [1.807, 2.05) is 18.2 Å². The van der Waals surface area contributed by atoms with Crippen LogP contribution in [0.15, 0.2) is 60.7 Å². The number of hydrogen-bond donors (Lipinski definition) is 0. The van der Waals surface area contributed by atoms with E-state index < -0.39 is 15.6 Å². The molecule has 7 heteroatoms. The average Bonchev–Trinajstić information content (AvgIpc) is 2.60. The summed E-state index contributed by atoms with van der Waals surface area (Å²) in [4.78, 5) is 0. The smallest absolute Gasteiger partial charge is 0.376 e. The lowest BCUT2D eigenvalue weighted by molar-refractivity contribution is -0.0500. The maximum absolute atomic E-state index is 12.5. The quantitative estimate of drug-likeness (QED) is 0.388. The highest BCUT2D eigenvalue weighted by molar-refractivity contribution is 7.88. The topological polar surface area (TPSA) is 43.4 Å². The average molecular weight is 408 g/mol. The van der Waals surface area contributed by atoms with Gasteiger partial charge in [-0.3, -0.25) is 0 Å². The van der Waals surface area contributed by atoms with Gasteiger partial charge in [0.2, 0.25) is 0 Å². The highest BCUT2D eigenvalue weighted by Crippen LogP contribution is 2.33. The predicted molar refractivity (Wildman–Crippen MR) is 104 cm³/mol. The van der Waals surface area contributed by atoms with Gasteiger partial charge in [0.15, 0.2) is 0 Å². The molecular formula is C21H19F3O3S. The summed E-state index contributed by atoms with van der Waals surface area (Å²) in [6.07, 6.45) is 0.976. The number of alkyl halides is 3. The van der Waals surface area contributed by atoms with Crippen LogP contribution in [0.1, 0.15) is 19.4 Å². The van der Waals surface area contributed by atoms with Gasteiger partial charge in [-0.1, -0.05) is 62.4 Å². The third kappa shape index (κ3) is 4.30. The van der Waals surface area contributed by atoms with E-state index in [2.05, 4.69) is 30.2 Å². The summed E-state index contributed by atoms with van der Waals surface area (Å²) < 4.78 is 64.2. The standard InChI is InChI=1S/C21H19F3O3S/c1-14(2)12-15-6-8-16(9-7-15)19-5-3-4-17-13-18(10-11-20(17)19)27-28(25,26)21(22,23)24/h3-11,13-14H,12H2,1-2H3. The second kappa shape index (κ2) is 7.47. The first-order chi connectivity index (χ1) is 13.1. The van der Waals surface area contributed by atoms with Crippen molar-refractivity contribution in [3.05, 3.63) is 66.2 Å². The second-order valence-corrected chi connectivity index (χ2v) is 8.50. The Morgan fingerprint density at radius 2 is 1.64 bits per heavy atom. The Balaban J connectivity index is 1.96. The zero-order valence-electron chi connectivity index (χ0n) is 15.3. The molecular weight excluding hydrogens is 389 g/mol. The van der Waals surface area contributed by atoms with Gasteiger partial charge in [-0.25, -0.2) is 0 Å². The first kappa shape index (κ1) is 20.2. The second-order valence-electron chi connectivity index (χ2n) is 6.97. The van der Waals surface area contributed by atoms with Crippen LogP contribution in [0.25, 0.3) is 21.9 Å². The molecule has 0 radical (unpaired) electrons. The Morgan fingerprint density at radius 1 is 0.964 bits per heavy atom. The fraction of sp³-hybridized carbons (Fsp3) is 0.238. The molecule has 0 fully saturated rings. The van der Waals surface area contributed by atoms with Gasteiger partial charge in [0.25, 0.3) is 0 Å². The van der Waals surface area contributed by atoms with E-state index >= 15 is 0 Å². The molecule has 0 unspecified atom stereocenters. The van der Waals surface area contributed by atoms with Crippen LogP contribution in [-0.2, 0) is 16.5 Å². The van der Waals surface area contributed by atoms with Gasteiger partial charge in [0.05, 0.1) is 0 Å². The molecule has 3 nitrogen and oxygen atoms in total. The van der Waals surface area contributed by atoms with Gasteiger partial charge >= 0.3 is 15.6 Å². The van der Waals surface area contributed by atoms with Gasteiger partial charge < -0.3 is 4.18 Å². The summed E-state index contributed by atoms with van der Waals surface area (Å²) in [6, 6.07) is 17.6. The van der Waals surface area contributed by atoms with E-state index in [0.29, 0.717) is 11.3 Å². The van der Waals surface area contributed by atoms with Crippen molar-refractivity contribution in [2.45, 2.75) is 25.8 Å². The van der Waals surface area contributed by atoms with Crippen LogP contribution in [0.3, 0.4) is 0 Å². The SMILES string of the molecule is CC(C)Cc1ccc(-c2cccc3cc(OS(=O)(=O)C(F)(F)F)ccc23)cc1. The van der Waals surface area contributed by atoms with Crippen molar-refractivity contribution < 1.29 is 25.8 Å². The largest absolute Gasteiger partial charge is 0.534 e. The van der Waals surface area contributed by atoms with E-state index in [9.17, 15) is 21.6 Å². The van der Waals surface area contributed by atoms with Crippen molar-refractivity contribution in [1.29, 1.82) is 0 Å². The Bertz CT molecular complexity index is 1090.